The lowest BCUT2D eigenvalue weighted by Gasteiger charge is -2.07. The van der Waals surface area contributed by atoms with E-state index in [0.717, 1.165) is 12.4 Å². The number of aromatic carboxylic acids is 1. The molecule has 104 valence electrons. The second-order valence-corrected chi connectivity index (χ2v) is 3.57. The van der Waals surface area contributed by atoms with Crippen LogP contribution >= 0.6 is 0 Å². The van der Waals surface area contributed by atoms with Crippen LogP contribution in [0.2, 0.25) is 0 Å². The number of hydrogen-bond acceptors (Lipinski definition) is 4. The molecular weight excluding hydrogens is 267 g/mol. The molecule has 1 aromatic rings. The molecule has 1 heterocycles. The SMILES string of the molecule is O=C(O)c1cnc(C(=O)NCCCC(F)(F)F)cn1. The summed E-state index contributed by atoms with van der Waals surface area (Å²) in [7, 11) is 0. The summed E-state index contributed by atoms with van der Waals surface area (Å²) in [5, 5.41) is 10.8. The van der Waals surface area contributed by atoms with Crippen molar-refractivity contribution in [2.45, 2.75) is 19.0 Å². The Kier molecular flexibility index (Phi) is 4.79. The summed E-state index contributed by atoms with van der Waals surface area (Å²) < 4.78 is 35.5. The van der Waals surface area contributed by atoms with E-state index in [1.54, 1.807) is 0 Å². The fourth-order valence-electron chi connectivity index (χ4n) is 1.14. The molecule has 0 spiro atoms. The topological polar surface area (TPSA) is 92.2 Å². The molecule has 9 heteroatoms. The largest absolute Gasteiger partial charge is 0.476 e. The van der Waals surface area contributed by atoms with Crippen LogP contribution in [-0.4, -0.2) is 39.7 Å². The van der Waals surface area contributed by atoms with E-state index in [-0.39, 0.29) is 24.4 Å². The minimum Gasteiger partial charge on any atom is -0.476 e. The lowest BCUT2D eigenvalue weighted by atomic mass is 10.3. The lowest BCUT2D eigenvalue weighted by Crippen LogP contribution is -2.26. The van der Waals surface area contributed by atoms with Crippen LogP contribution in [0, 0.1) is 0 Å². The zero-order valence-electron chi connectivity index (χ0n) is 9.57. The minimum atomic E-state index is -4.26. The van der Waals surface area contributed by atoms with Gasteiger partial charge in [0, 0.05) is 13.0 Å². The van der Waals surface area contributed by atoms with Gasteiger partial charge in [-0.2, -0.15) is 13.2 Å². The van der Waals surface area contributed by atoms with Gasteiger partial charge in [0.15, 0.2) is 5.69 Å². The molecule has 0 atom stereocenters. The quantitative estimate of drug-likeness (QED) is 0.790. The van der Waals surface area contributed by atoms with Crippen LogP contribution in [0.15, 0.2) is 12.4 Å². The van der Waals surface area contributed by atoms with Gasteiger partial charge < -0.3 is 10.4 Å². The number of carbonyl (C=O) groups is 2. The first-order chi connectivity index (χ1) is 8.79. The number of nitrogens with one attached hydrogen (secondary N) is 1. The van der Waals surface area contributed by atoms with E-state index in [1.165, 1.54) is 0 Å². The molecule has 0 saturated carbocycles. The highest BCUT2D eigenvalue weighted by Crippen LogP contribution is 2.20. The highest BCUT2D eigenvalue weighted by Gasteiger charge is 2.26. The Labute approximate surface area is 105 Å². The fraction of sp³-hybridized carbons (Fsp3) is 0.400. The lowest BCUT2D eigenvalue weighted by molar-refractivity contribution is -0.135. The number of alkyl halides is 3. The number of amides is 1. The van der Waals surface area contributed by atoms with E-state index in [0.29, 0.717) is 0 Å². The Morgan fingerprint density at radius 2 is 1.79 bits per heavy atom. The summed E-state index contributed by atoms with van der Waals surface area (Å²) in [4.78, 5) is 28.9. The molecular formula is C10H10F3N3O3. The summed E-state index contributed by atoms with van der Waals surface area (Å²) >= 11 is 0. The van der Waals surface area contributed by atoms with Crippen molar-refractivity contribution >= 4 is 11.9 Å². The van der Waals surface area contributed by atoms with Crippen molar-refractivity contribution in [1.82, 2.24) is 15.3 Å². The average Bonchev–Trinajstić information content (AvgIpc) is 2.33. The van der Waals surface area contributed by atoms with Crippen LogP contribution < -0.4 is 5.32 Å². The van der Waals surface area contributed by atoms with E-state index in [9.17, 15) is 22.8 Å². The predicted molar refractivity (Wildman–Crippen MR) is 56.6 cm³/mol. The van der Waals surface area contributed by atoms with Crippen LogP contribution in [0.4, 0.5) is 13.2 Å². The van der Waals surface area contributed by atoms with Crippen LogP contribution in [0.3, 0.4) is 0 Å². The third-order valence-electron chi connectivity index (χ3n) is 2.03. The van der Waals surface area contributed by atoms with Crippen molar-refractivity contribution < 1.29 is 27.9 Å². The number of halogens is 3. The number of nitrogens with zero attached hydrogens (tertiary/aromatic N) is 2. The van der Waals surface area contributed by atoms with E-state index < -0.39 is 24.5 Å². The molecule has 1 aromatic heterocycles. The van der Waals surface area contributed by atoms with E-state index in [1.807, 2.05) is 0 Å². The highest BCUT2D eigenvalue weighted by molar-refractivity contribution is 5.92. The monoisotopic (exact) mass is 277 g/mol. The second-order valence-electron chi connectivity index (χ2n) is 3.57. The number of aromatic nitrogens is 2. The average molecular weight is 277 g/mol. The van der Waals surface area contributed by atoms with Gasteiger partial charge in [-0.3, -0.25) is 4.79 Å². The number of rotatable bonds is 5. The summed E-state index contributed by atoms with van der Waals surface area (Å²) in [6.07, 6.45) is -3.64. The first-order valence-corrected chi connectivity index (χ1v) is 5.20. The summed E-state index contributed by atoms with van der Waals surface area (Å²) in [5.74, 6) is -1.99. The van der Waals surface area contributed by atoms with E-state index in [2.05, 4.69) is 15.3 Å². The normalized spacial score (nSPS) is 11.1. The third kappa shape index (κ3) is 5.32. The predicted octanol–water partition coefficient (Wildman–Crippen LogP) is 1.25. The van der Waals surface area contributed by atoms with Gasteiger partial charge >= 0.3 is 12.1 Å². The van der Waals surface area contributed by atoms with Crippen LogP contribution in [0.5, 0.6) is 0 Å². The van der Waals surface area contributed by atoms with Gasteiger partial charge in [0.05, 0.1) is 12.4 Å². The number of hydrogen-bond donors (Lipinski definition) is 2. The van der Waals surface area contributed by atoms with Crippen molar-refractivity contribution in [1.29, 1.82) is 0 Å². The maximum Gasteiger partial charge on any atom is 0.389 e. The molecule has 0 fully saturated rings. The number of carboxylic acids is 1. The van der Waals surface area contributed by atoms with Crippen molar-refractivity contribution in [2.24, 2.45) is 0 Å². The molecule has 0 aliphatic rings. The summed E-state index contributed by atoms with van der Waals surface area (Å²) in [5.41, 5.74) is -0.481. The minimum absolute atomic E-state index is 0.152. The van der Waals surface area contributed by atoms with Crippen molar-refractivity contribution in [3.8, 4) is 0 Å². The van der Waals surface area contributed by atoms with Crippen molar-refractivity contribution in [3.63, 3.8) is 0 Å². The Morgan fingerprint density at radius 3 is 2.26 bits per heavy atom. The molecule has 0 unspecified atom stereocenters. The molecule has 0 saturated heterocycles. The maximum absolute atomic E-state index is 11.8. The molecule has 1 amide bonds. The second kappa shape index (κ2) is 6.12. The molecule has 19 heavy (non-hydrogen) atoms. The fourth-order valence-corrected chi connectivity index (χ4v) is 1.14. The molecule has 0 aliphatic carbocycles. The Bertz CT molecular complexity index is 459. The van der Waals surface area contributed by atoms with Crippen LogP contribution in [-0.2, 0) is 0 Å². The summed E-state index contributed by atoms with van der Waals surface area (Å²) in [6.45, 7) is -0.152. The molecule has 0 aromatic carbocycles. The van der Waals surface area contributed by atoms with Crippen LogP contribution in [0.1, 0.15) is 33.8 Å². The van der Waals surface area contributed by atoms with E-state index in [4.69, 9.17) is 5.11 Å². The molecule has 1 rings (SSSR count). The first-order valence-electron chi connectivity index (χ1n) is 5.20. The Morgan fingerprint density at radius 1 is 1.21 bits per heavy atom. The zero-order chi connectivity index (χ0) is 14.5. The van der Waals surface area contributed by atoms with Gasteiger partial charge in [0.2, 0.25) is 0 Å². The van der Waals surface area contributed by atoms with E-state index >= 15 is 0 Å². The molecule has 0 radical (unpaired) electrons. The van der Waals surface area contributed by atoms with Gasteiger partial charge in [0.25, 0.3) is 5.91 Å². The van der Waals surface area contributed by atoms with Crippen molar-refractivity contribution in [3.05, 3.63) is 23.8 Å². The van der Waals surface area contributed by atoms with Gasteiger partial charge in [-0.15, -0.1) is 0 Å². The van der Waals surface area contributed by atoms with Gasteiger partial charge in [-0.1, -0.05) is 0 Å². The standard InChI is InChI=1S/C10H10F3N3O3/c11-10(12,13)2-1-3-14-8(17)6-4-16-7(5-15-6)9(18)19/h4-5H,1-3H2,(H,14,17)(H,18,19). The smallest absolute Gasteiger partial charge is 0.389 e. The Balaban J connectivity index is 2.43. The molecule has 2 N–H and O–H groups in total. The van der Waals surface area contributed by atoms with Gasteiger partial charge in [0.1, 0.15) is 5.69 Å². The summed E-state index contributed by atoms with van der Waals surface area (Å²) in [6, 6.07) is 0. The zero-order valence-corrected chi connectivity index (χ0v) is 9.57. The first kappa shape index (κ1) is 14.9. The van der Waals surface area contributed by atoms with Crippen LogP contribution in [0.25, 0.3) is 0 Å². The number of carbonyl (C=O) groups excluding carboxylic acids is 1. The van der Waals surface area contributed by atoms with Crippen molar-refractivity contribution in [2.75, 3.05) is 6.54 Å². The number of carboxylic acid groups (broad SMARTS) is 1. The molecule has 0 bridgehead atoms. The van der Waals surface area contributed by atoms with Gasteiger partial charge in [-0.05, 0) is 6.42 Å². The Hall–Kier alpha value is -2.19. The molecule has 6 nitrogen and oxygen atoms in total. The maximum atomic E-state index is 11.8. The third-order valence-corrected chi connectivity index (χ3v) is 2.03. The highest BCUT2D eigenvalue weighted by atomic mass is 19.4. The molecule has 0 aliphatic heterocycles. The van der Waals surface area contributed by atoms with Gasteiger partial charge in [-0.25, -0.2) is 14.8 Å².